The van der Waals surface area contributed by atoms with Crippen LogP contribution < -0.4 is 15.7 Å². The predicted molar refractivity (Wildman–Crippen MR) is 78.5 cm³/mol. The lowest BCUT2D eigenvalue weighted by Gasteiger charge is -2.04. The lowest BCUT2D eigenvalue weighted by atomic mass is 10.1. The van der Waals surface area contributed by atoms with E-state index in [9.17, 15) is 9.59 Å². The quantitative estimate of drug-likeness (QED) is 0.560. The number of benzene rings is 1. The van der Waals surface area contributed by atoms with Gasteiger partial charge < -0.3 is 9.84 Å². The number of nitrogens with one attached hydrogen (secondary N) is 3. The molecule has 1 amide bonds. The summed E-state index contributed by atoms with van der Waals surface area (Å²) in [5.74, 6) is 0.408. The van der Waals surface area contributed by atoms with Crippen molar-refractivity contribution < 1.29 is 9.53 Å². The molecule has 0 radical (unpaired) electrons. The van der Waals surface area contributed by atoms with Crippen LogP contribution in [0.25, 0.3) is 0 Å². The van der Waals surface area contributed by atoms with Crippen LogP contribution in [0.1, 0.15) is 18.2 Å². The summed E-state index contributed by atoms with van der Waals surface area (Å²) in [6.45, 7) is 1.78. The largest absolute Gasteiger partial charge is 0.497 e. The smallest absolute Gasteiger partial charge is 0.264 e. The van der Waals surface area contributed by atoms with E-state index < -0.39 is 0 Å². The fourth-order valence-corrected chi connectivity index (χ4v) is 1.74. The highest BCUT2D eigenvalue weighted by atomic mass is 16.5. The predicted octanol–water partition coefficient (Wildman–Crippen LogP) is 0.794. The maximum Gasteiger partial charge on any atom is 0.264 e. The van der Waals surface area contributed by atoms with Gasteiger partial charge in [-0.05, 0) is 19.1 Å². The van der Waals surface area contributed by atoms with Gasteiger partial charge in [0.1, 0.15) is 5.75 Å². The molecule has 2 aromatic rings. The number of carbonyl (C=O) groups is 1. The third-order valence-corrected chi connectivity index (χ3v) is 2.84. The fourth-order valence-electron chi connectivity index (χ4n) is 1.74. The number of H-pyrrole nitrogens is 2. The number of aromatic nitrogens is 2. The zero-order chi connectivity index (χ0) is 15.2. The highest BCUT2D eigenvalue weighted by molar-refractivity contribution is 5.99. The first-order valence-corrected chi connectivity index (χ1v) is 6.32. The summed E-state index contributed by atoms with van der Waals surface area (Å²) in [5.41, 5.74) is 4.19. The molecule has 7 nitrogen and oxygen atoms in total. The van der Waals surface area contributed by atoms with E-state index in [1.807, 2.05) is 24.3 Å². The third-order valence-electron chi connectivity index (χ3n) is 2.84. The van der Waals surface area contributed by atoms with Gasteiger partial charge in [0, 0.05) is 17.3 Å². The van der Waals surface area contributed by atoms with E-state index in [2.05, 4.69) is 20.7 Å². The summed E-state index contributed by atoms with van der Waals surface area (Å²) in [6, 6.07) is 8.71. The summed E-state index contributed by atoms with van der Waals surface area (Å²) in [4.78, 5) is 22.6. The molecular formula is C14H16N4O3. The second-order valence-electron chi connectivity index (χ2n) is 4.42. The first kappa shape index (κ1) is 14.6. The molecule has 0 atom stereocenters. The van der Waals surface area contributed by atoms with Crippen molar-refractivity contribution in [2.45, 2.75) is 13.3 Å². The summed E-state index contributed by atoms with van der Waals surface area (Å²) >= 11 is 0. The molecule has 0 aliphatic carbocycles. The van der Waals surface area contributed by atoms with E-state index in [4.69, 9.17) is 4.74 Å². The SMILES string of the molecule is COc1cccc(C(C)=NNC(=O)Cc2cc(=O)[nH][nH]2)c1. The molecule has 3 N–H and O–H groups in total. The van der Waals surface area contributed by atoms with E-state index in [1.54, 1.807) is 14.0 Å². The van der Waals surface area contributed by atoms with Crippen LogP contribution >= 0.6 is 0 Å². The van der Waals surface area contributed by atoms with Crippen LogP contribution in [-0.2, 0) is 11.2 Å². The minimum atomic E-state index is -0.313. The Morgan fingerprint density at radius 2 is 2.14 bits per heavy atom. The van der Waals surface area contributed by atoms with Gasteiger partial charge in [0.15, 0.2) is 0 Å². The minimum Gasteiger partial charge on any atom is -0.497 e. The van der Waals surface area contributed by atoms with Gasteiger partial charge in [-0.3, -0.25) is 14.7 Å². The van der Waals surface area contributed by atoms with Crippen LogP contribution in [0.2, 0.25) is 0 Å². The summed E-state index contributed by atoms with van der Waals surface area (Å²) in [6.07, 6.45) is 0.0492. The number of hydrogen-bond donors (Lipinski definition) is 3. The number of hydrazone groups is 1. The Bertz CT molecular complexity index is 715. The first-order chi connectivity index (χ1) is 10.1. The molecule has 21 heavy (non-hydrogen) atoms. The Kier molecular flexibility index (Phi) is 4.55. The van der Waals surface area contributed by atoms with Crippen molar-refractivity contribution in [1.82, 2.24) is 15.6 Å². The van der Waals surface area contributed by atoms with E-state index >= 15 is 0 Å². The Labute approximate surface area is 121 Å². The molecule has 0 aliphatic heterocycles. The maximum absolute atomic E-state index is 11.7. The van der Waals surface area contributed by atoms with Crippen molar-refractivity contribution in [2.75, 3.05) is 7.11 Å². The van der Waals surface area contributed by atoms with Crippen LogP contribution in [0.5, 0.6) is 5.75 Å². The summed E-state index contributed by atoms with van der Waals surface area (Å²) in [7, 11) is 1.59. The lowest BCUT2D eigenvalue weighted by Crippen LogP contribution is -2.21. The summed E-state index contributed by atoms with van der Waals surface area (Å²) < 4.78 is 5.13. The molecule has 0 bridgehead atoms. The number of carbonyl (C=O) groups excluding carboxylic acids is 1. The van der Waals surface area contributed by atoms with E-state index in [0.29, 0.717) is 11.4 Å². The Balaban J connectivity index is 1.99. The Morgan fingerprint density at radius 1 is 1.33 bits per heavy atom. The Hall–Kier alpha value is -2.83. The average Bonchev–Trinajstić information content (AvgIpc) is 2.90. The second-order valence-corrected chi connectivity index (χ2v) is 4.42. The minimum absolute atomic E-state index is 0.0492. The fraction of sp³-hybridized carbons (Fsp3) is 0.214. The lowest BCUT2D eigenvalue weighted by molar-refractivity contribution is -0.120. The van der Waals surface area contributed by atoms with Crippen molar-refractivity contribution in [3.63, 3.8) is 0 Å². The van der Waals surface area contributed by atoms with E-state index in [-0.39, 0.29) is 17.9 Å². The number of hydrogen-bond acceptors (Lipinski definition) is 4. The zero-order valence-corrected chi connectivity index (χ0v) is 11.8. The molecule has 0 saturated heterocycles. The molecule has 0 saturated carbocycles. The monoisotopic (exact) mass is 288 g/mol. The molecule has 2 rings (SSSR count). The normalized spacial score (nSPS) is 11.2. The average molecular weight is 288 g/mol. The number of aromatic amines is 2. The zero-order valence-electron chi connectivity index (χ0n) is 11.8. The first-order valence-electron chi connectivity index (χ1n) is 6.32. The van der Waals surface area contributed by atoms with Crippen LogP contribution in [-0.4, -0.2) is 28.9 Å². The molecular weight excluding hydrogens is 272 g/mol. The van der Waals surface area contributed by atoms with Gasteiger partial charge in [0.2, 0.25) is 5.91 Å². The third kappa shape index (κ3) is 4.07. The van der Waals surface area contributed by atoms with Gasteiger partial charge in [0.25, 0.3) is 5.56 Å². The van der Waals surface area contributed by atoms with E-state index in [0.717, 1.165) is 11.3 Å². The van der Waals surface area contributed by atoms with Gasteiger partial charge in [-0.15, -0.1) is 0 Å². The molecule has 1 aromatic heterocycles. The molecule has 0 unspecified atom stereocenters. The van der Waals surface area contributed by atoms with Gasteiger partial charge in [-0.1, -0.05) is 12.1 Å². The van der Waals surface area contributed by atoms with Gasteiger partial charge >= 0.3 is 0 Å². The van der Waals surface area contributed by atoms with Crippen LogP contribution in [0, 0.1) is 0 Å². The highest BCUT2D eigenvalue weighted by Crippen LogP contribution is 2.13. The highest BCUT2D eigenvalue weighted by Gasteiger charge is 2.05. The molecule has 1 aromatic carbocycles. The molecule has 7 heteroatoms. The standard InChI is InChI=1S/C14H16N4O3/c1-9(10-4-3-5-12(6-10)21-2)15-17-13(19)7-11-8-14(20)18-16-11/h3-6,8H,7H2,1-2H3,(H,17,19)(H2,16,18,20). The summed E-state index contributed by atoms with van der Waals surface area (Å²) in [5, 5.41) is 9.01. The second kappa shape index (κ2) is 6.56. The molecule has 0 fully saturated rings. The van der Waals surface area contributed by atoms with Crippen molar-refractivity contribution in [3.8, 4) is 5.75 Å². The van der Waals surface area contributed by atoms with Crippen molar-refractivity contribution in [2.24, 2.45) is 5.10 Å². The van der Waals surface area contributed by atoms with Crippen LogP contribution in [0.3, 0.4) is 0 Å². The van der Waals surface area contributed by atoms with E-state index in [1.165, 1.54) is 6.07 Å². The topological polar surface area (TPSA) is 99.3 Å². The number of amides is 1. The maximum atomic E-state index is 11.7. The molecule has 0 spiro atoms. The van der Waals surface area contributed by atoms with Gasteiger partial charge in [-0.2, -0.15) is 5.10 Å². The van der Waals surface area contributed by atoms with Crippen molar-refractivity contribution in [1.29, 1.82) is 0 Å². The number of ether oxygens (including phenoxy) is 1. The van der Waals surface area contributed by atoms with Gasteiger partial charge in [0.05, 0.1) is 19.2 Å². The van der Waals surface area contributed by atoms with Crippen LogP contribution in [0.15, 0.2) is 40.2 Å². The number of methoxy groups -OCH3 is 1. The van der Waals surface area contributed by atoms with Crippen LogP contribution in [0.4, 0.5) is 0 Å². The van der Waals surface area contributed by atoms with Gasteiger partial charge in [-0.25, -0.2) is 5.43 Å². The molecule has 110 valence electrons. The van der Waals surface area contributed by atoms with Crippen molar-refractivity contribution in [3.05, 3.63) is 51.9 Å². The molecule has 0 aliphatic rings. The number of nitrogens with zero attached hydrogens (tertiary/aromatic N) is 1. The van der Waals surface area contributed by atoms with Crippen molar-refractivity contribution >= 4 is 11.6 Å². The molecule has 1 heterocycles. The Morgan fingerprint density at radius 3 is 2.81 bits per heavy atom. The number of rotatable bonds is 5.